The first-order valence-corrected chi connectivity index (χ1v) is 9.80. The van der Waals surface area contributed by atoms with Gasteiger partial charge in [0, 0.05) is 25.5 Å². The summed E-state index contributed by atoms with van der Waals surface area (Å²) in [4.78, 5) is 12.3. The van der Waals surface area contributed by atoms with Gasteiger partial charge >= 0.3 is 0 Å². The molecule has 0 aliphatic carbocycles. The van der Waals surface area contributed by atoms with E-state index in [2.05, 4.69) is 24.5 Å². The molecule has 0 unspecified atom stereocenters. The molecule has 2 aromatic rings. The minimum atomic E-state index is -3.50. The van der Waals surface area contributed by atoms with E-state index in [4.69, 9.17) is 0 Å². The second-order valence-corrected chi connectivity index (χ2v) is 8.65. The molecule has 0 bridgehead atoms. The molecular weight excluding hydrogens is 350 g/mol. The Bertz CT molecular complexity index is 860. The van der Waals surface area contributed by atoms with Crippen molar-refractivity contribution in [2.75, 3.05) is 31.3 Å². The van der Waals surface area contributed by atoms with Crippen LogP contribution >= 0.6 is 0 Å². The van der Waals surface area contributed by atoms with Gasteiger partial charge in [-0.05, 0) is 41.8 Å². The molecule has 0 aliphatic heterocycles. The van der Waals surface area contributed by atoms with Crippen LogP contribution in [-0.2, 0) is 14.8 Å². The summed E-state index contributed by atoms with van der Waals surface area (Å²) in [6, 6.07) is 14.1. The van der Waals surface area contributed by atoms with Crippen molar-refractivity contribution in [1.82, 2.24) is 4.31 Å². The summed E-state index contributed by atoms with van der Waals surface area (Å²) in [5, 5.41) is 5.76. The summed E-state index contributed by atoms with van der Waals surface area (Å²) in [5.74, 6) is 0.232. The number of hydrogen-bond acceptors (Lipinski definition) is 4. The highest BCUT2D eigenvalue weighted by molar-refractivity contribution is 7.89. The molecule has 26 heavy (non-hydrogen) atoms. The topological polar surface area (TPSA) is 78.5 Å². The predicted molar refractivity (Wildman–Crippen MR) is 105 cm³/mol. The van der Waals surface area contributed by atoms with E-state index in [1.165, 1.54) is 31.8 Å². The molecule has 0 saturated heterocycles. The average molecular weight is 375 g/mol. The highest BCUT2D eigenvalue weighted by Crippen LogP contribution is 2.19. The number of rotatable bonds is 7. The zero-order valence-corrected chi connectivity index (χ0v) is 16.3. The van der Waals surface area contributed by atoms with E-state index in [9.17, 15) is 13.2 Å². The zero-order valence-electron chi connectivity index (χ0n) is 15.5. The summed E-state index contributed by atoms with van der Waals surface area (Å²) >= 11 is 0. The van der Waals surface area contributed by atoms with Crippen molar-refractivity contribution < 1.29 is 13.2 Å². The van der Waals surface area contributed by atoms with Gasteiger partial charge < -0.3 is 10.6 Å². The Balaban J connectivity index is 1.97. The molecule has 2 aromatic carbocycles. The summed E-state index contributed by atoms with van der Waals surface area (Å²) in [7, 11) is -0.546. The molecule has 0 saturated carbocycles. The maximum Gasteiger partial charge on any atom is 0.243 e. The summed E-state index contributed by atoms with van der Waals surface area (Å²) in [6.45, 7) is 4.27. The normalized spacial score (nSPS) is 11.6. The zero-order chi connectivity index (χ0) is 19.3. The van der Waals surface area contributed by atoms with Crippen molar-refractivity contribution in [1.29, 1.82) is 0 Å². The van der Waals surface area contributed by atoms with E-state index >= 15 is 0 Å². The molecular formula is C19H25N3O3S. The lowest BCUT2D eigenvalue weighted by Gasteiger charge is -2.13. The van der Waals surface area contributed by atoms with Crippen LogP contribution in [0.3, 0.4) is 0 Å². The minimum Gasteiger partial charge on any atom is -0.376 e. The molecule has 0 atom stereocenters. The second-order valence-electron chi connectivity index (χ2n) is 6.49. The molecule has 2 N–H and O–H groups in total. The number of hydrogen-bond donors (Lipinski definition) is 2. The number of nitrogens with zero attached hydrogens (tertiary/aromatic N) is 1. The van der Waals surface area contributed by atoms with Crippen LogP contribution in [0.25, 0.3) is 0 Å². The maximum absolute atomic E-state index is 12.2. The highest BCUT2D eigenvalue weighted by Gasteiger charge is 2.17. The first-order chi connectivity index (χ1) is 12.2. The first-order valence-electron chi connectivity index (χ1n) is 8.36. The Kier molecular flexibility index (Phi) is 6.39. The largest absolute Gasteiger partial charge is 0.376 e. The van der Waals surface area contributed by atoms with Crippen LogP contribution < -0.4 is 10.6 Å². The van der Waals surface area contributed by atoms with Crippen molar-refractivity contribution in [2.45, 2.75) is 24.7 Å². The van der Waals surface area contributed by atoms with Gasteiger partial charge in [-0.2, -0.15) is 0 Å². The monoisotopic (exact) mass is 375 g/mol. The molecule has 0 fully saturated rings. The fourth-order valence-electron chi connectivity index (χ4n) is 2.32. The van der Waals surface area contributed by atoms with Crippen molar-refractivity contribution in [2.24, 2.45) is 0 Å². The lowest BCUT2D eigenvalue weighted by atomic mass is 10.0. The molecule has 2 rings (SSSR count). The first kappa shape index (κ1) is 19.9. The smallest absolute Gasteiger partial charge is 0.243 e. The van der Waals surface area contributed by atoms with E-state index in [1.54, 1.807) is 12.1 Å². The summed E-state index contributed by atoms with van der Waals surface area (Å²) in [6.07, 6.45) is 0. The van der Waals surface area contributed by atoms with Gasteiger partial charge in [0.15, 0.2) is 0 Å². The van der Waals surface area contributed by atoms with E-state index in [0.717, 1.165) is 9.99 Å². The number of sulfonamides is 1. The quantitative estimate of drug-likeness (QED) is 0.779. The third-order valence-electron chi connectivity index (χ3n) is 3.93. The molecule has 0 spiro atoms. The fraction of sp³-hybridized carbons (Fsp3) is 0.316. The van der Waals surface area contributed by atoms with E-state index in [1.807, 2.05) is 24.3 Å². The third-order valence-corrected chi connectivity index (χ3v) is 5.74. The Hall–Kier alpha value is -2.38. The van der Waals surface area contributed by atoms with Crippen LogP contribution in [0.1, 0.15) is 25.3 Å². The van der Waals surface area contributed by atoms with Crippen LogP contribution in [0.4, 0.5) is 11.4 Å². The molecule has 6 nitrogen and oxygen atoms in total. The van der Waals surface area contributed by atoms with Crippen LogP contribution in [0.2, 0.25) is 0 Å². The average Bonchev–Trinajstić information content (AvgIpc) is 2.60. The third kappa shape index (κ3) is 5.06. The van der Waals surface area contributed by atoms with Gasteiger partial charge in [0.1, 0.15) is 0 Å². The van der Waals surface area contributed by atoms with Crippen LogP contribution in [0, 0.1) is 0 Å². The van der Waals surface area contributed by atoms with E-state index in [0.29, 0.717) is 11.6 Å². The van der Waals surface area contributed by atoms with Crippen molar-refractivity contribution >= 4 is 27.3 Å². The van der Waals surface area contributed by atoms with Crippen molar-refractivity contribution in [3.8, 4) is 0 Å². The fourth-order valence-corrected chi connectivity index (χ4v) is 3.26. The van der Waals surface area contributed by atoms with E-state index < -0.39 is 10.0 Å². The molecule has 0 aromatic heterocycles. The molecule has 0 heterocycles. The predicted octanol–water partition coefficient (Wildman–Crippen LogP) is 3.11. The number of carbonyl (C=O) groups excluding carboxylic acids is 1. The molecule has 0 radical (unpaired) electrons. The van der Waals surface area contributed by atoms with Gasteiger partial charge in [-0.1, -0.05) is 32.0 Å². The number of anilines is 2. The Labute approximate surface area is 155 Å². The Morgan fingerprint density at radius 2 is 1.69 bits per heavy atom. The lowest BCUT2D eigenvalue weighted by Crippen LogP contribution is -2.23. The highest BCUT2D eigenvalue weighted by atomic mass is 32.2. The number of nitrogens with one attached hydrogen (secondary N) is 2. The van der Waals surface area contributed by atoms with Crippen LogP contribution in [0.5, 0.6) is 0 Å². The second kappa shape index (κ2) is 8.33. The van der Waals surface area contributed by atoms with Crippen LogP contribution in [-0.4, -0.2) is 39.3 Å². The molecule has 0 aliphatic rings. The van der Waals surface area contributed by atoms with Gasteiger partial charge in [0.05, 0.1) is 11.4 Å². The van der Waals surface area contributed by atoms with Crippen molar-refractivity contribution in [3.05, 3.63) is 54.1 Å². The van der Waals surface area contributed by atoms with Gasteiger partial charge in [0.25, 0.3) is 0 Å². The summed E-state index contributed by atoms with van der Waals surface area (Å²) in [5.41, 5.74) is 2.50. The van der Waals surface area contributed by atoms with Crippen molar-refractivity contribution in [3.63, 3.8) is 0 Å². The van der Waals surface area contributed by atoms with Gasteiger partial charge in [-0.25, -0.2) is 12.7 Å². The number of carbonyl (C=O) groups is 1. The van der Waals surface area contributed by atoms with Gasteiger partial charge in [0.2, 0.25) is 15.9 Å². The van der Waals surface area contributed by atoms with E-state index in [-0.39, 0.29) is 17.3 Å². The van der Waals surface area contributed by atoms with Crippen LogP contribution in [0.15, 0.2) is 53.4 Å². The van der Waals surface area contributed by atoms with Gasteiger partial charge in [-0.3, -0.25) is 4.79 Å². The Morgan fingerprint density at radius 1 is 1.04 bits per heavy atom. The molecule has 140 valence electrons. The Morgan fingerprint density at radius 3 is 2.27 bits per heavy atom. The number of benzene rings is 2. The SMILES string of the molecule is CC(C)c1ccc(NC(=O)CNc2cccc(S(=O)(=O)N(C)C)c2)cc1. The maximum atomic E-state index is 12.2. The summed E-state index contributed by atoms with van der Waals surface area (Å²) < 4.78 is 25.5. The lowest BCUT2D eigenvalue weighted by molar-refractivity contribution is -0.114. The molecule has 7 heteroatoms. The minimum absolute atomic E-state index is 0.0391. The standard InChI is InChI=1S/C19H25N3O3S/c1-14(2)15-8-10-16(11-9-15)21-19(23)13-20-17-6-5-7-18(12-17)26(24,25)22(3)4/h5-12,14,20H,13H2,1-4H3,(H,21,23). The molecule has 1 amide bonds. The number of amides is 1. The van der Waals surface area contributed by atoms with Gasteiger partial charge in [-0.15, -0.1) is 0 Å².